The molecule has 24 heavy (non-hydrogen) atoms. The highest BCUT2D eigenvalue weighted by Crippen LogP contribution is 2.27. The van der Waals surface area contributed by atoms with Crippen LogP contribution in [-0.4, -0.2) is 15.7 Å². The van der Waals surface area contributed by atoms with Gasteiger partial charge in [-0.2, -0.15) is 5.10 Å². The lowest BCUT2D eigenvalue weighted by atomic mass is 9.92. The smallest absolute Gasteiger partial charge is 0.266 e. The fourth-order valence-corrected chi connectivity index (χ4v) is 2.92. The van der Waals surface area contributed by atoms with Gasteiger partial charge in [-0.05, 0) is 30.5 Å². The van der Waals surface area contributed by atoms with Crippen LogP contribution >= 0.6 is 11.3 Å². The van der Waals surface area contributed by atoms with E-state index in [2.05, 4.69) is 26.1 Å². The van der Waals surface area contributed by atoms with Crippen molar-refractivity contribution < 1.29 is 4.79 Å². The summed E-state index contributed by atoms with van der Waals surface area (Å²) in [4.78, 5) is 13.1. The van der Waals surface area contributed by atoms with Crippen LogP contribution in [0.4, 0.5) is 5.82 Å². The van der Waals surface area contributed by atoms with Gasteiger partial charge in [-0.15, -0.1) is 11.3 Å². The van der Waals surface area contributed by atoms with Crippen molar-refractivity contribution in [3.05, 3.63) is 64.0 Å². The molecule has 5 heteroatoms. The fourth-order valence-electron chi connectivity index (χ4n) is 2.31. The zero-order chi connectivity index (χ0) is 17.3. The van der Waals surface area contributed by atoms with Crippen molar-refractivity contribution in [2.24, 2.45) is 0 Å². The first-order chi connectivity index (χ1) is 11.3. The van der Waals surface area contributed by atoms with Gasteiger partial charge < -0.3 is 5.32 Å². The van der Waals surface area contributed by atoms with E-state index in [9.17, 15) is 4.79 Å². The van der Waals surface area contributed by atoms with Gasteiger partial charge in [0.1, 0.15) is 5.82 Å². The second-order valence-corrected chi connectivity index (χ2v) is 7.79. The molecule has 0 bridgehead atoms. The van der Waals surface area contributed by atoms with Gasteiger partial charge in [0.05, 0.1) is 16.3 Å². The number of hydrogen-bond donors (Lipinski definition) is 1. The third-order valence-corrected chi connectivity index (χ3v) is 4.61. The predicted molar refractivity (Wildman–Crippen MR) is 99.3 cm³/mol. The molecular weight excluding hydrogens is 318 g/mol. The number of nitrogens with zero attached hydrogens (tertiary/aromatic N) is 2. The molecule has 1 amide bonds. The third-order valence-electron chi connectivity index (χ3n) is 3.74. The van der Waals surface area contributed by atoms with Crippen LogP contribution in [0.3, 0.4) is 0 Å². The van der Waals surface area contributed by atoms with E-state index in [1.807, 2.05) is 54.8 Å². The van der Waals surface area contributed by atoms with E-state index >= 15 is 0 Å². The highest BCUT2D eigenvalue weighted by atomic mass is 32.1. The van der Waals surface area contributed by atoms with Crippen molar-refractivity contribution in [2.45, 2.75) is 33.1 Å². The number of amides is 1. The molecule has 1 N–H and O–H groups in total. The molecule has 0 unspecified atom stereocenters. The minimum absolute atomic E-state index is 0.0989. The molecular formula is C19H21N3OS. The number of benzene rings is 1. The monoisotopic (exact) mass is 339 g/mol. The Hall–Kier alpha value is -2.40. The SMILES string of the molecule is Cc1ccc(-n2nc(C(C)(C)C)cc2NC(=O)c2cccs2)cc1. The normalized spacial score (nSPS) is 11.5. The number of carbonyl (C=O) groups is 1. The van der Waals surface area contributed by atoms with E-state index in [1.54, 1.807) is 4.68 Å². The lowest BCUT2D eigenvalue weighted by Gasteiger charge is -2.14. The first-order valence-corrected chi connectivity index (χ1v) is 8.75. The van der Waals surface area contributed by atoms with Crippen LogP contribution in [0.1, 0.15) is 41.7 Å². The Kier molecular flexibility index (Phi) is 4.28. The molecule has 0 fully saturated rings. The Morgan fingerprint density at radius 1 is 1.17 bits per heavy atom. The molecule has 0 aliphatic heterocycles. The predicted octanol–water partition coefficient (Wildman–Crippen LogP) is 4.79. The van der Waals surface area contributed by atoms with Gasteiger partial charge in [-0.1, -0.05) is 44.5 Å². The molecule has 0 aliphatic carbocycles. The van der Waals surface area contributed by atoms with E-state index in [0.29, 0.717) is 10.7 Å². The first kappa shape index (κ1) is 16.5. The number of rotatable bonds is 3. The summed E-state index contributed by atoms with van der Waals surface area (Å²) in [7, 11) is 0. The van der Waals surface area contributed by atoms with Crippen LogP contribution in [0.5, 0.6) is 0 Å². The number of carbonyl (C=O) groups excluding carboxylic acids is 1. The molecule has 0 aliphatic rings. The van der Waals surface area contributed by atoms with Crippen molar-refractivity contribution >= 4 is 23.1 Å². The second-order valence-electron chi connectivity index (χ2n) is 6.84. The summed E-state index contributed by atoms with van der Waals surface area (Å²) in [6, 6.07) is 13.7. The Bertz CT molecular complexity index is 840. The Morgan fingerprint density at radius 3 is 2.46 bits per heavy atom. The zero-order valence-electron chi connectivity index (χ0n) is 14.3. The van der Waals surface area contributed by atoms with Gasteiger partial charge >= 0.3 is 0 Å². The standard InChI is InChI=1S/C19H21N3OS/c1-13-7-9-14(10-8-13)22-17(12-16(21-22)19(2,3)4)20-18(23)15-6-5-11-24-15/h5-12H,1-4H3,(H,20,23). The molecule has 2 heterocycles. The van der Waals surface area contributed by atoms with Gasteiger partial charge in [-0.25, -0.2) is 4.68 Å². The highest BCUT2D eigenvalue weighted by molar-refractivity contribution is 7.12. The molecule has 1 aromatic carbocycles. The van der Waals surface area contributed by atoms with E-state index in [1.165, 1.54) is 16.9 Å². The van der Waals surface area contributed by atoms with Gasteiger partial charge in [0, 0.05) is 11.5 Å². The summed E-state index contributed by atoms with van der Waals surface area (Å²) in [6.45, 7) is 8.38. The minimum Gasteiger partial charge on any atom is -0.306 e. The van der Waals surface area contributed by atoms with Gasteiger partial charge in [0.2, 0.25) is 0 Å². The van der Waals surface area contributed by atoms with Crippen LogP contribution in [0.2, 0.25) is 0 Å². The molecule has 3 rings (SSSR count). The molecule has 3 aromatic rings. The topological polar surface area (TPSA) is 46.9 Å². The van der Waals surface area contributed by atoms with Crippen LogP contribution in [0.25, 0.3) is 5.69 Å². The maximum absolute atomic E-state index is 12.4. The average Bonchev–Trinajstić information content (AvgIpc) is 3.16. The summed E-state index contributed by atoms with van der Waals surface area (Å²) < 4.78 is 1.80. The molecule has 124 valence electrons. The molecule has 0 saturated heterocycles. The van der Waals surface area contributed by atoms with Crippen LogP contribution in [-0.2, 0) is 5.41 Å². The second kappa shape index (κ2) is 6.24. The molecule has 0 saturated carbocycles. The van der Waals surface area contributed by atoms with Gasteiger partial charge in [0.15, 0.2) is 0 Å². The number of thiophene rings is 1. The Labute approximate surface area is 146 Å². The number of aromatic nitrogens is 2. The van der Waals surface area contributed by atoms with Crippen molar-refractivity contribution in [2.75, 3.05) is 5.32 Å². The van der Waals surface area contributed by atoms with Crippen molar-refractivity contribution in [1.29, 1.82) is 0 Å². The lowest BCUT2D eigenvalue weighted by molar-refractivity contribution is 0.103. The quantitative estimate of drug-likeness (QED) is 0.745. The number of hydrogen-bond acceptors (Lipinski definition) is 3. The Morgan fingerprint density at radius 2 is 1.88 bits per heavy atom. The lowest BCUT2D eigenvalue weighted by Crippen LogP contribution is -2.14. The van der Waals surface area contributed by atoms with Gasteiger partial charge in [-0.3, -0.25) is 4.79 Å². The number of aryl methyl sites for hydroxylation is 1. The van der Waals surface area contributed by atoms with Gasteiger partial charge in [0.25, 0.3) is 5.91 Å². The Balaban J connectivity index is 2.01. The summed E-state index contributed by atoms with van der Waals surface area (Å²) in [5.41, 5.74) is 2.95. The summed E-state index contributed by atoms with van der Waals surface area (Å²) >= 11 is 1.42. The largest absolute Gasteiger partial charge is 0.306 e. The summed E-state index contributed by atoms with van der Waals surface area (Å²) in [6.07, 6.45) is 0. The van der Waals surface area contributed by atoms with Crippen molar-refractivity contribution in [1.82, 2.24) is 9.78 Å². The number of anilines is 1. The third kappa shape index (κ3) is 3.41. The molecule has 0 spiro atoms. The zero-order valence-corrected chi connectivity index (χ0v) is 15.1. The van der Waals surface area contributed by atoms with Crippen molar-refractivity contribution in [3.8, 4) is 5.69 Å². The van der Waals surface area contributed by atoms with Crippen LogP contribution < -0.4 is 5.32 Å². The highest BCUT2D eigenvalue weighted by Gasteiger charge is 2.22. The molecule has 0 radical (unpaired) electrons. The van der Waals surface area contributed by atoms with E-state index in [0.717, 1.165) is 11.4 Å². The van der Waals surface area contributed by atoms with Crippen molar-refractivity contribution in [3.63, 3.8) is 0 Å². The van der Waals surface area contributed by atoms with Crippen LogP contribution in [0.15, 0.2) is 47.8 Å². The number of nitrogens with one attached hydrogen (secondary N) is 1. The average molecular weight is 339 g/mol. The first-order valence-electron chi connectivity index (χ1n) is 7.87. The maximum atomic E-state index is 12.4. The van der Waals surface area contributed by atoms with E-state index in [4.69, 9.17) is 5.10 Å². The van der Waals surface area contributed by atoms with E-state index in [-0.39, 0.29) is 11.3 Å². The minimum atomic E-state index is -0.112. The molecule has 0 atom stereocenters. The van der Waals surface area contributed by atoms with Crippen LogP contribution in [0, 0.1) is 6.92 Å². The summed E-state index contributed by atoms with van der Waals surface area (Å²) in [5, 5.41) is 9.61. The molecule has 4 nitrogen and oxygen atoms in total. The van der Waals surface area contributed by atoms with E-state index < -0.39 is 0 Å². The maximum Gasteiger partial charge on any atom is 0.266 e. The summed E-state index contributed by atoms with van der Waals surface area (Å²) in [5.74, 6) is 0.570. The molecule has 2 aromatic heterocycles. The fraction of sp³-hybridized carbons (Fsp3) is 0.263.